The summed E-state index contributed by atoms with van der Waals surface area (Å²) < 4.78 is 34.7. The van der Waals surface area contributed by atoms with Crippen LogP contribution in [0.2, 0.25) is 0 Å². The van der Waals surface area contributed by atoms with Crippen LogP contribution >= 0.6 is 0 Å². The molecule has 0 aliphatic rings. The predicted molar refractivity (Wildman–Crippen MR) is 203 cm³/mol. The lowest BCUT2D eigenvalue weighted by Crippen LogP contribution is -2.44. The van der Waals surface area contributed by atoms with Crippen LogP contribution in [0, 0.1) is 11.3 Å². The molecule has 4 aromatic rings. The number of hydrogen-bond acceptors (Lipinski definition) is 11. The number of aryl methyl sites for hydroxylation is 1. The van der Waals surface area contributed by atoms with Crippen LogP contribution in [-0.2, 0) is 35.3 Å². The van der Waals surface area contributed by atoms with Crippen molar-refractivity contribution < 1.29 is 42.2 Å². The second kappa shape index (κ2) is 16.3. The number of sulfone groups is 1. The summed E-state index contributed by atoms with van der Waals surface area (Å²) in [6, 6.07) is 18.3. The number of carboxylic acids is 1. The number of rotatable bonds is 11. The molecule has 0 spiro atoms. The summed E-state index contributed by atoms with van der Waals surface area (Å²) in [5.41, 5.74) is 0.242. The Labute approximate surface area is 314 Å². The van der Waals surface area contributed by atoms with Gasteiger partial charge in [-0.2, -0.15) is 10.2 Å². The Hall–Kier alpha value is -6.01. The van der Waals surface area contributed by atoms with Crippen molar-refractivity contribution in [2.75, 3.05) is 21.8 Å². The van der Waals surface area contributed by atoms with Gasteiger partial charge >= 0.3 is 18.2 Å². The molecule has 14 nitrogen and oxygen atoms in total. The number of aromatic nitrogens is 1. The van der Waals surface area contributed by atoms with Crippen molar-refractivity contribution in [1.29, 1.82) is 5.26 Å². The normalized spacial score (nSPS) is 12.3. The number of benzene rings is 3. The van der Waals surface area contributed by atoms with Crippen LogP contribution in [0.15, 0.2) is 77.8 Å². The Kier molecular flexibility index (Phi) is 12.3. The van der Waals surface area contributed by atoms with Crippen molar-refractivity contribution in [3.8, 4) is 6.07 Å². The van der Waals surface area contributed by atoms with Crippen molar-refractivity contribution in [1.82, 2.24) is 4.98 Å². The third-order valence-electron chi connectivity index (χ3n) is 7.63. The average molecular weight is 758 g/mol. The first-order valence-corrected chi connectivity index (χ1v) is 18.8. The molecule has 54 heavy (non-hydrogen) atoms. The molecule has 0 aliphatic carbocycles. The minimum atomic E-state index is -3.59. The minimum absolute atomic E-state index is 0.0122. The third kappa shape index (κ3) is 11.0. The van der Waals surface area contributed by atoms with Crippen LogP contribution in [0.1, 0.15) is 77.1 Å². The van der Waals surface area contributed by atoms with Gasteiger partial charge in [0, 0.05) is 35.6 Å². The molecular weight excluding hydrogens is 715 g/mol. The number of pyridine rings is 1. The maximum absolute atomic E-state index is 13.3. The molecule has 3 N–H and O–H groups in total. The molecule has 1 unspecified atom stereocenters. The van der Waals surface area contributed by atoms with E-state index in [2.05, 4.69) is 15.6 Å². The standard InChI is InChI=1S/C39H43N5O9S/c1-38(2,3)52-36(48)44(37(49)53-39(4,5)6)34-30-17-15-29(21-26(30)19-20-41-34)43-33(35(46)47)25-13-11-24(12-14-25)9-8-10-32(45)42-28-16-18-31(54(7,50)51)27(22-28)23-40/h11-22,33,43H,8-10H2,1-7H3,(H,42,45)(H,46,47). The molecule has 1 atom stereocenters. The Morgan fingerprint density at radius 3 is 2.06 bits per heavy atom. The summed E-state index contributed by atoms with van der Waals surface area (Å²) in [6.07, 6.45) is 1.65. The quantitative estimate of drug-likeness (QED) is 0.137. The second-order valence-corrected chi connectivity index (χ2v) is 16.5. The summed E-state index contributed by atoms with van der Waals surface area (Å²) in [6.45, 7) is 10.0. The smallest absolute Gasteiger partial charge is 0.425 e. The van der Waals surface area contributed by atoms with Crippen molar-refractivity contribution in [3.63, 3.8) is 0 Å². The lowest BCUT2D eigenvalue weighted by molar-refractivity contribution is -0.138. The van der Waals surface area contributed by atoms with Crippen LogP contribution in [0.5, 0.6) is 0 Å². The first kappa shape index (κ1) is 40.8. The van der Waals surface area contributed by atoms with E-state index in [1.54, 1.807) is 90.1 Å². The molecule has 3 amide bonds. The Bertz CT molecular complexity index is 2190. The summed E-state index contributed by atoms with van der Waals surface area (Å²) in [5.74, 6) is -1.44. The number of imide groups is 1. The van der Waals surface area contributed by atoms with E-state index >= 15 is 0 Å². The van der Waals surface area contributed by atoms with E-state index in [0.29, 0.717) is 40.6 Å². The second-order valence-electron chi connectivity index (χ2n) is 14.5. The number of nitrogens with one attached hydrogen (secondary N) is 2. The molecule has 1 heterocycles. The molecular formula is C39H43N5O9S. The number of anilines is 3. The monoisotopic (exact) mass is 757 g/mol. The number of fused-ring (bicyclic) bond motifs is 1. The van der Waals surface area contributed by atoms with E-state index in [4.69, 9.17) is 9.47 Å². The predicted octanol–water partition coefficient (Wildman–Crippen LogP) is 7.39. The fraction of sp³-hybridized carbons (Fsp3) is 0.333. The van der Waals surface area contributed by atoms with Crippen LogP contribution in [0.3, 0.4) is 0 Å². The fourth-order valence-corrected chi connectivity index (χ4v) is 6.14. The molecule has 0 aliphatic heterocycles. The summed E-state index contributed by atoms with van der Waals surface area (Å²) in [7, 11) is -3.59. The van der Waals surface area contributed by atoms with Gasteiger partial charge < -0.3 is 25.2 Å². The number of nitrogens with zero attached hydrogens (tertiary/aromatic N) is 3. The Morgan fingerprint density at radius 1 is 0.889 bits per heavy atom. The molecule has 15 heteroatoms. The SMILES string of the molecule is CC(C)(C)OC(=O)N(C(=O)OC(C)(C)C)c1nccc2cc(NC(C(=O)O)c3ccc(CCCC(=O)Nc4ccc(S(C)(=O)=O)c(C#N)c4)cc3)ccc12. The van der Waals surface area contributed by atoms with Crippen LogP contribution in [-0.4, -0.2) is 60.0 Å². The maximum Gasteiger partial charge on any atom is 0.425 e. The number of hydrogen-bond donors (Lipinski definition) is 3. The number of carbonyl (C=O) groups excluding carboxylic acids is 3. The van der Waals surface area contributed by atoms with Crippen LogP contribution < -0.4 is 15.5 Å². The van der Waals surface area contributed by atoms with Crippen LogP contribution in [0.4, 0.5) is 26.8 Å². The van der Waals surface area contributed by atoms with Crippen molar-refractivity contribution in [2.24, 2.45) is 0 Å². The first-order chi connectivity index (χ1) is 25.1. The van der Waals surface area contributed by atoms with Crippen molar-refractivity contribution >= 4 is 61.9 Å². The van der Waals surface area contributed by atoms with Gasteiger partial charge in [-0.15, -0.1) is 0 Å². The van der Waals surface area contributed by atoms with Gasteiger partial charge in [-0.05, 0) is 113 Å². The van der Waals surface area contributed by atoms with Gasteiger partial charge in [0.05, 0.1) is 10.5 Å². The number of carboxylic acid groups (broad SMARTS) is 1. The lowest BCUT2D eigenvalue weighted by atomic mass is 10.0. The average Bonchev–Trinajstić information content (AvgIpc) is 3.05. The Balaban J connectivity index is 1.45. The highest BCUT2D eigenvalue weighted by atomic mass is 32.2. The molecule has 3 aromatic carbocycles. The number of ether oxygens (including phenoxy) is 2. The highest BCUT2D eigenvalue weighted by molar-refractivity contribution is 7.90. The Morgan fingerprint density at radius 2 is 1.50 bits per heavy atom. The maximum atomic E-state index is 13.3. The van der Waals surface area contributed by atoms with E-state index in [-0.39, 0.29) is 28.6 Å². The van der Waals surface area contributed by atoms with Crippen molar-refractivity contribution in [3.05, 3.63) is 89.6 Å². The van der Waals surface area contributed by atoms with Gasteiger partial charge in [-0.3, -0.25) is 4.79 Å². The summed E-state index contributed by atoms with van der Waals surface area (Å²) in [5, 5.41) is 26.1. The molecule has 4 rings (SSSR count). The van der Waals surface area contributed by atoms with Crippen molar-refractivity contribution in [2.45, 2.75) is 82.9 Å². The minimum Gasteiger partial charge on any atom is -0.479 e. The van der Waals surface area contributed by atoms with Crippen LogP contribution in [0.25, 0.3) is 10.8 Å². The highest BCUT2D eigenvalue weighted by Gasteiger charge is 2.34. The van der Waals surface area contributed by atoms with Gasteiger partial charge in [-0.25, -0.2) is 27.8 Å². The molecule has 0 fully saturated rings. The summed E-state index contributed by atoms with van der Waals surface area (Å²) in [4.78, 5) is 56.4. The number of nitriles is 1. The zero-order valence-electron chi connectivity index (χ0n) is 31.1. The van der Waals surface area contributed by atoms with E-state index in [9.17, 15) is 38.0 Å². The van der Waals surface area contributed by atoms with Gasteiger partial charge in [-0.1, -0.05) is 24.3 Å². The van der Waals surface area contributed by atoms with Gasteiger partial charge in [0.2, 0.25) is 5.91 Å². The largest absolute Gasteiger partial charge is 0.479 e. The molecule has 0 saturated heterocycles. The van der Waals surface area contributed by atoms with Gasteiger partial charge in [0.25, 0.3) is 0 Å². The lowest BCUT2D eigenvalue weighted by Gasteiger charge is -2.28. The first-order valence-electron chi connectivity index (χ1n) is 16.9. The molecule has 0 bridgehead atoms. The highest BCUT2D eigenvalue weighted by Crippen LogP contribution is 2.31. The number of amides is 3. The molecule has 0 saturated carbocycles. The van der Waals surface area contributed by atoms with E-state index < -0.39 is 45.2 Å². The number of aliphatic carboxylic acids is 1. The topological polar surface area (TPSA) is 205 Å². The zero-order valence-corrected chi connectivity index (χ0v) is 31.9. The third-order valence-corrected chi connectivity index (χ3v) is 8.79. The van der Waals surface area contributed by atoms with E-state index in [1.165, 1.54) is 24.4 Å². The molecule has 1 aromatic heterocycles. The van der Waals surface area contributed by atoms with Gasteiger partial charge in [0.1, 0.15) is 17.3 Å². The zero-order chi connectivity index (χ0) is 40.0. The molecule has 284 valence electrons. The van der Waals surface area contributed by atoms with E-state index in [1.807, 2.05) is 6.07 Å². The van der Waals surface area contributed by atoms with E-state index in [0.717, 1.165) is 16.7 Å². The number of carbonyl (C=O) groups is 4. The molecule has 0 radical (unpaired) electrons. The van der Waals surface area contributed by atoms with Gasteiger partial charge in [0.15, 0.2) is 21.7 Å². The summed E-state index contributed by atoms with van der Waals surface area (Å²) >= 11 is 0. The fourth-order valence-electron chi connectivity index (χ4n) is 5.32.